The molecule has 10 heavy (non-hydrogen) atoms. The van der Waals surface area contributed by atoms with Crippen molar-refractivity contribution < 1.29 is 8.78 Å². The quantitative estimate of drug-likeness (QED) is 0.540. The Hall–Kier alpha value is -0.650. The van der Waals surface area contributed by atoms with E-state index in [-0.39, 0.29) is 13.0 Å². The molecule has 0 aromatic rings. The Morgan fingerprint density at radius 3 is 2.30 bits per heavy atom. The fourth-order valence-corrected chi connectivity index (χ4v) is 0.494. The van der Waals surface area contributed by atoms with E-state index in [0.717, 1.165) is 0 Å². The molecule has 0 amide bonds. The first-order valence-electron chi connectivity index (χ1n) is 3.21. The van der Waals surface area contributed by atoms with Crippen LogP contribution in [0.5, 0.6) is 0 Å². The first-order valence-corrected chi connectivity index (χ1v) is 3.21. The Balaban J connectivity index is 3.77. The molecule has 0 saturated heterocycles. The monoisotopic (exact) mass is 147 g/mol. The summed E-state index contributed by atoms with van der Waals surface area (Å²) in [5.74, 6) is -3.32. The van der Waals surface area contributed by atoms with Gasteiger partial charge in [-0.3, -0.25) is 0 Å². The Morgan fingerprint density at radius 2 is 2.00 bits per heavy atom. The molecule has 0 N–H and O–H groups in total. The summed E-state index contributed by atoms with van der Waals surface area (Å²) in [6, 6.07) is 0. The second-order valence-corrected chi connectivity index (χ2v) is 2.55. The maximum Gasteiger partial charge on any atom is 0.257 e. The van der Waals surface area contributed by atoms with Gasteiger partial charge in [0.15, 0.2) is 0 Å². The molecular formula is C7H11F2N. The summed E-state index contributed by atoms with van der Waals surface area (Å²) < 4.78 is 25.2. The fourth-order valence-electron chi connectivity index (χ4n) is 0.494. The highest BCUT2D eigenvalue weighted by Gasteiger charge is 2.33. The molecule has 58 valence electrons. The van der Waals surface area contributed by atoms with Crippen LogP contribution >= 0.6 is 0 Å². The molecule has 0 bridgehead atoms. The van der Waals surface area contributed by atoms with E-state index in [1.54, 1.807) is 0 Å². The maximum absolute atomic E-state index is 12.6. The molecule has 0 aliphatic rings. The van der Waals surface area contributed by atoms with Crippen LogP contribution in [-0.2, 0) is 0 Å². The maximum atomic E-state index is 12.6. The van der Waals surface area contributed by atoms with Crippen LogP contribution in [0.15, 0.2) is 0 Å². The van der Waals surface area contributed by atoms with Crippen molar-refractivity contribution in [2.45, 2.75) is 26.2 Å². The highest BCUT2D eigenvalue weighted by molar-refractivity contribution is 4.74. The van der Waals surface area contributed by atoms with Gasteiger partial charge in [-0.25, -0.2) is 15.4 Å². The van der Waals surface area contributed by atoms with E-state index in [1.165, 1.54) is 13.8 Å². The zero-order valence-corrected chi connectivity index (χ0v) is 6.19. The number of rotatable bonds is 3. The third-order valence-corrected chi connectivity index (χ3v) is 1.40. The number of hydrogen-bond acceptors (Lipinski definition) is 0. The smallest absolute Gasteiger partial charge is 0.257 e. The predicted molar refractivity (Wildman–Crippen MR) is 35.9 cm³/mol. The zero-order valence-electron chi connectivity index (χ0n) is 6.19. The van der Waals surface area contributed by atoms with Crippen LogP contribution in [-0.4, -0.2) is 12.5 Å². The fraction of sp³-hybridized carbons (Fsp3) is 0.857. The lowest BCUT2D eigenvalue weighted by Gasteiger charge is -2.16. The van der Waals surface area contributed by atoms with Crippen molar-refractivity contribution in [2.24, 2.45) is 5.92 Å². The molecule has 0 heterocycles. The van der Waals surface area contributed by atoms with E-state index in [4.69, 9.17) is 6.57 Å². The normalized spacial score (nSPS) is 11.6. The molecular weight excluding hydrogens is 136 g/mol. The number of hydrogen-bond donors (Lipinski definition) is 0. The highest BCUT2D eigenvalue weighted by Crippen LogP contribution is 2.27. The molecule has 0 radical (unpaired) electrons. The summed E-state index contributed by atoms with van der Waals surface area (Å²) in [7, 11) is 0. The van der Waals surface area contributed by atoms with Crippen molar-refractivity contribution in [2.75, 3.05) is 6.54 Å². The van der Waals surface area contributed by atoms with Gasteiger partial charge in [-0.2, -0.15) is 0 Å². The molecule has 0 spiro atoms. The van der Waals surface area contributed by atoms with Crippen molar-refractivity contribution in [3.63, 3.8) is 0 Å². The summed E-state index contributed by atoms with van der Waals surface area (Å²) in [5.41, 5.74) is 0. The molecule has 0 saturated carbocycles. The molecule has 0 aliphatic carbocycles. The topological polar surface area (TPSA) is 4.36 Å². The number of alkyl halides is 2. The van der Waals surface area contributed by atoms with Crippen LogP contribution in [0.4, 0.5) is 8.78 Å². The van der Waals surface area contributed by atoms with Gasteiger partial charge in [0.1, 0.15) is 0 Å². The molecule has 0 rings (SSSR count). The lowest BCUT2D eigenvalue weighted by molar-refractivity contribution is -0.0483. The lowest BCUT2D eigenvalue weighted by Crippen LogP contribution is -2.24. The number of nitrogens with zero attached hydrogens (tertiary/aromatic N) is 1. The standard InChI is InChI=1S/C7H11F2N/c1-6(2)7(8,9)4-5-10-3/h6H,4-5H2,1-2H3. The minimum Gasteiger partial charge on any atom is -0.317 e. The molecule has 1 nitrogen and oxygen atoms in total. The van der Waals surface area contributed by atoms with E-state index in [1.807, 2.05) is 0 Å². The van der Waals surface area contributed by atoms with Gasteiger partial charge in [-0.1, -0.05) is 13.8 Å². The lowest BCUT2D eigenvalue weighted by atomic mass is 10.0. The SMILES string of the molecule is [C-]#[N+]CCC(F)(F)C(C)C. The summed E-state index contributed by atoms with van der Waals surface area (Å²) in [6.07, 6.45) is -0.311. The van der Waals surface area contributed by atoms with E-state index in [0.29, 0.717) is 0 Å². The molecule has 0 fully saturated rings. The zero-order chi connectivity index (χ0) is 8.20. The third-order valence-electron chi connectivity index (χ3n) is 1.40. The Morgan fingerprint density at radius 1 is 1.50 bits per heavy atom. The van der Waals surface area contributed by atoms with Crippen molar-refractivity contribution in [3.05, 3.63) is 11.4 Å². The Kier molecular flexibility index (Phi) is 3.27. The first kappa shape index (κ1) is 9.35. The highest BCUT2D eigenvalue weighted by atomic mass is 19.3. The van der Waals surface area contributed by atoms with Gasteiger partial charge >= 0.3 is 0 Å². The summed E-state index contributed by atoms with van der Waals surface area (Å²) in [4.78, 5) is 2.87. The Labute approximate surface area is 59.9 Å². The van der Waals surface area contributed by atoms with Gasteiger partial charge in [0.2, 0.25) is 6.54 Å². The van der Waals surface area contributed by atoms with E-state index in [9.17, 15) is 8.78 Å². The molecule has 0 aromatic carbocycles. The van der Waals surface area contributed by atoms with Crippen LogP contribution < -0.4 is 0 Å². The van der Waals surface area contributed by atoms with Gasteiger partial charge < -0.3 is 4.85 Å². The van der Waals surface area contributed by atoms with Crippen LogP contribution in [0.3, 0.4) is 0 Å². The first-order chi connectivity index (χ1) is 4.50. The summed E-state index contributed by atoms with van der Waals surface area (Å²) in [5, 5.41) is 0. The van der Waals surface area contributed by atoms with Gasteiger partial charge in [0.25, 0.3) is 5.92 Å². The molecule has 0 aromatic heterocycles. The minimum atomic E-state index is -2.66. The van der Waals surface area contributed by atoms with E-state index >= 15 is 0 Å². The van der Waals surface area contributed by atoms with Gasteiger partial charge in [0, 0.05) is 5.92 Å². The van der Waals surface area contributed by atoms with Crippen LogP contribution in [0, 0.1) is 12.5 Å². The second-order valence-electron chi connectivity index (χ2n) is 2.55. The third kappa shape index (κ3) is 2.77. The molecule has 0 unspecified atom stereocenters. The van der Waals surface area contributed by atoms with Crippen LogP contribution in [0.25, 0.3) is 4.85 Å². The predicted octanol–water partition coefficient (Wildman–Crippen LogP) is 2.59. The summed E-state index contributed by atoms with van der Waals surface area (Å²) in [6.45, 7) is 9.16. The average molecular weight is 147 g/mol. The average Bonchev–Trinajstić information content (AvgIpc) is 1.84. The molecule has 0 atom stereocenters. The second kappa shape index (κ2) is 3.50. The van der Waals surface area contributed by atoms with Crippen LogP contribution in [0.2, 0.25) is 0 Å². The van der Waals surface area contributed by atoms with Crippen LogP contribution in [0.1, 0.15) is 20.3 Å². The van der Waals surface area contributed by atoms with E-state index in [2.05, 4.69) is 4.85 Å². The van der Waals surface area contributed by atoms with Gasteiger partial charge in [-0.05, 0) is 0 Å². The van der Waals surface area contributed by atoms with Crippen molar-refractivity contribution in [1.82, 2.24) is 0 Å². The van der Waals surface area contributed by atoms with Crippen molar-refractivity contribution >= 4 is 0 Å². The van der Waals surface area contributed by atoms with Crippen molar-refractivity contribution in [3.8, 4) is 0 Å². The molecule has 3 heteroatoms. The minimum absolute atomic E-state index is 0.0782. The van der Waals surface area contributed by atoms with Crippen molar-refractivity contribution in [1.29, 1.82) is 0 Å². The number of halogens is 2. The molecule has 0 aliphatic heterocycles. The van der Waals surface area contributed by atoms with Gasteiger partial charge in [-0.15, -0.1) is 0 Å². The Bertz CT molecular complexity index is 135. The van der Waals surface area contributed by atoms with Gasteiger partial charge in [0.05, 0.1) is 6.42 Å². The largest absolute Gasteiger partial charge is 0.317 e. The summed E-state index contributed by atoms with van der Waals surface area (Å²) >= 11 is 0. The van der Waals surface area contributed by atoms with E-state index < -0.39 is 11.8 Å².